The minimum absolute atomic E-state index is 0.0851. The first kappa shape index (κ1) is 15.8. The highest BCUT2D eigenvalue weighted by Gasteiger charge is 2.21. The molecule has 3 nitrogen and oxygen atoms in total. The topological polar surface area (TPSA) is 49.3 Å². The summed E-state index contributed by atoms with van der Waals surface area (Å²) in [6, 6.07) is 0. The molecule has 1 fully saturated rings. The van der Waals surface area contributed by atoms with Crippen molar-refractivity contribution in [2.75, 3.05) is 18.6 Å². The van der Waals surface area contributed by atoms with E-state index in [9.17, 15) is 9.90 Å². The molecule has 1 aliphatic rings. The summed E-state index contributed by atoms with van der Waals surface area (Å²) in [5.74, 6) is 1.48. The van der Waals surface area contributed by atoms with Crippen molar-refractivity contribution in [3.63, 3.8) is 0 Å². The number of thioether (sulfide) groups is 1. The summed E-state index contributed by atoms with van der Waals surface area (Å²) in [5.41, 5.74) is -0.792. The zero-order chi connectivity index (χ0) is 13.4. The van der Waals surface area contributed by atoms with Gasteiger partial charge in [0.2, 0.25) is 5.91 Å². The van der Waals surface area contributed by atoms with Gasteiger partial charge in [0.05, 0.1) is 5.60 Å². The van der Waals surface area contributed by atoms with E-state index in [2.05, 4.69) is 5.32 Å². The number of hydrogen-bond donors (Lipinski definition) is 2. The van der Waals surface area contributed by atoms with Crippen molar-refractivity contribution in [2.24, 2.45) is 5.92 Å². The molecule has 0 aromatic carbocycles. The summed E-state index contributed by atoms with van der Waals surface area (Å²) in [5, 5.41) is 12.8. The molecule has 0 spiro atoms. The van der Waals surface area contributed by atoms with Crippen LogP contribution in [0.25, 0.3) is 0 Å². The zero-order valence-corrected chi connectivity index (χ0v) is 12.5. The zero-order valence-electron chi connectivity index (χ0n) is 11.7. The lowest BCUT2D eigenvalue weighted by Gasteiger charge is -2.23. The number of amides is 1. The van der Waals surface area contributed by atoms with Gasteiger partial charge in [-0.2, -0.15) is 11.8 Å². The Bertz CT molecular complexity index is 250. The fraction of sp³-hybridized carbons (Fsp3) is 0.929. The van der Waals surface area contributed by atoms with Gasteiger partial charge in [-0.15, -0.1) is 0 Å². The summed E-state index contributed by atoms with van der Waals surface area (Å²) >= 11 is 1.60. The molecular formula is C14H27NO2S. The van der Waals surface area contributed by atoms with Gasteiger partial charge < -0.3 is 10.4 Å². The molecule has 1 aliphatic carbocycles. The standard InChI is InChI=1S/C14H27NO2S/c1-14(17,11-18-2)10-15-13(16)9-8-12-6-4-3-5-7-12/h12,17H,3-11H2,1-2H3,(H,15,16)/t14-/m1/s1. The lowest BCUT2D eigenvalue weighted by Crippen LogP contribution is -2.42. The van der Waals surface area contributed by atoms with Crippen LogP contribution in [-0.2, 0) is 4.79 Å². The second-order valence-corrected chi connectivity index (χ2v) is 6.62. The van der Waals surface area contributed by atoms with E-state index in [1.54, 1.807) is 18.7 Å². The molecule has 0 aromatic rings. The average Bonchev–Trinajstić information content (AvgIpc) is 2.35. The van der Waals surface area contributed by atoms with Gasteiger partial charge in [0, 0.05) is 18.7 Å². The van der Waals surface area contributed by atoms with Crippen molar-refractivity contribution in [3.05, 3.63) is 0 Å². The summed E-state index contributed by atoms with van der Waals surface area (Å²) in [7, 11) is 0. The lowest BCUT2D eigenvalue weighted by molar-refractivity contribution is -0.122. The first-order valence-corrected chi connectivity index (χ1v) is 8.41. The Kier molecular flexibility index (Phi) is 7.08. The molecular weight excluding hydrogens is 246 g/mol. The highest BCUT2D eigenvalue weighted by molar-refractivity contribution is 7.98. The number of carbonyl (C=O) groups excluding carboxylic acids is 1. The van der Waals surface area contributed by atoms with E-state index in [0.717, 1.165) is 12.3 Å². The molecule has 1 amide bonds. The molecule has 0 radical (unpaired) electrons. The second kappa shape index (κ2) is 8.05. The van der Waals surface area contributed by atoms with Gasteiger partial charge in [0.25, 0.3) is 0 Å². The molecule has 4 heteroatoms. The molecule has 1 rings (SSSR count). The van der Waals surface area contributed by atoms with Crippen LogP contribution < -0.4 is 5.32 Å². The maximum absolute atomic E-state index is 11.7. The maximum atomic E-state index is 11.7. The molecule has 2 N–H and O–H groups in total. The van der Waals surface area contributed by atoms with Crippen LogP contribution >= 0.6 is 11.8 Å². The van der Waals surface area contributed by atoms with Gasteiger partial charge in [0.15, 0.2) is 0 Å². The minimum atomic E-state index is -0.792. The third-order valence-corrected chi connectivity index (χ3v) is 4.54. The van der Waals surface area contributed by atoms with Crippen LogP contribution in [-0.4, -0.2) is 35.2 Å². The first-order valence-electron chi connectivity index (χ1n) is 7.01. The highest BCUT2D eigenvalue weighted by atomic mass is 32.2. The number of nitrogens with one attached hydrogen (secondary N) is 1. The van der Waals surface area contributed by atoms with Crippen LogP contribution in [0.15, 0.2) is 0 Å². The van der Waals surface area contributed by atoms with Crippen LogP contribution in [0, 0.1) is 5.92 Å². The van der Waals surface area contributed by atoms with Crippen LogP contribution in [0.3, 0.4) is 0 Å². The molecule has 1 saturated carbocycles. The van der Waals surface area contributed by atoms with Crippen molar-refractivity contribution < 1.29 is 9.90 Å². The quantitative estimate of drug-likeness (QED) is 0.749. The van der Waals surface area contributed by atoms with Crippen molar-refractivity contribution in [2.45, 2.75) is 57.5 Å². The summed E-state index contributed by atoms with van der Waals surface area (Å²) in [6.07, 6.45) is 10.2. The van der Waals surface area contributed by atoms with E-state index in [1.165, 1.54) is 32.1 Å². The van der Waals surface area contributed by atoms with E-state index in [1.807, 2.05) is 6.26 Å². The van der Waals surface area contributed by atoms with E-state index in [4.69, 9.17) is 0 Å². The summed E-state index contributed by atoms with van der Waals surface area (Å²) in [6.45, 7) is 2.13. The molecule has 1 atom stereocenters. The highest BCUT2D eigenvalue weighted by Crippen LogP contribution is 2.27. The third-order valence-electron chi connectivity index (χ3n) is 3.63. The van der Waals surface area contributed by atoms with Gasteiger partial charge in [-0.05, 0) is 25.5 Å². The van der Waals surface area contributed by atoms with Crippen molar-refractivity contribution in [3.8, 4) is 0 Å². The molecule has 0 unspecified atom stereocenters. The van der Waals surface area contributed by atoms with Crippen molar-refractivity contribution in [1.29, 1.82) is 0 Å². The van der Waals surface area contributed by atoms with Crippen LogP contribution in [0.5, 0.6) is 0 Å². The fourth-order valence-electron chi connectivity index (χ4n) is 2.55. The van der Waals surface area contributed by atoms with Crippen LogP contribution in [0.1, 0.15) is 51.9 Å². The predicted octanol–water partition coefficient (Wildman–Crippen LogP) is 2.58. The predicted molar refractivity (Wildman–Crippen MR) is 77.8 cm³/mol. The Balaban J connectivity index is 2.13. The summed E-state index contributed by atoms with van der Waals surface area (Å²) in [4.78, 5) is 11.7. The Morgan fingerprint density at radius 3 is 2.67 bits per heavy atom. The minimum Gasteiger partial charge on any atom is -0.387 e. The van der Waals surface area contributed by atoms with E-state index < -0.39 is 5.60 Å². The van der Waals surface area contributed by atoms with Gasteiger partial charge in [-0.1, -0.05) is 32.1 Å². The second-order valence-electron chi connectivity index (χ2n) is 5.75. The summed E-state index contributed by atoms with van der Waals surface area (Å²) < 4.78 is 0. The smallest absolute Gasteiger partial charge is 0.220 e. The molecule has 0 saturated heterocycles. The normalized spacial score (nSPS) is 20.4. The van der Waals surface area contributed by atoms with E-state index in [-0.39, 0.29) is 5.91 Å². The van der Waals surface area contributed by atoms with Crippen LogP contribution in [0.4, 0.5) is 0 Å². The largest absolute Gasteiger partial charge is 0.387 e. The molecule has 0 aromatic heterocycles. The number of hydrogen-bond acceptors (Lipinski definition) is 3. The monoisotopic (exact) mass is 273 g/mol. The average molecular weight is 273 g/mol. The Morgan fingerprint density at radius 2 is 2.06 bits per heavy atom. The van der Waals surface area contributed by atoms with Gasteiger partial charge in [-0.25, -0.2) is 0 Å². The van der Waals surface area contributed by atoms with Crippen LogP contribution in [0.2, 0.25) is 0 Å². The third kappa shape index (κ3) is 6.64. The van der Waals surface area contributed by atoms with E-state index >= 15 is 0 Å². The van der Waals surface area contributed by atoms with E-state index in [0.29, 0.717) is 18.7 Å². The molecule has 0 bridgehead atoms. The molecule has 0 heterocycles. The number of rotatable bonds is 7. The SMILES string of the molecule is CSC[C@](C)(O)CNC(=O)CCC1CCCCC1. The lowest BCUT2D eigenvalue weighted by atomic mass is 9.86. The van der Waals surface area contributed by atoms with Crippen molar-refractivity contribution >= 4 is 17.7 Å². The number of carbonyl (C=O) groups is 1. The number of aliphatic hydroxyl groups is 1. The van der Waals surface area contributed by atoms with Gasteiger partial charge in [0.1, 0.15) is 0 Å². The first-order chi connectivity index (χ1) is 8.53. The van der Waals surface area contributed by atoms with Gasteiger partial charge >= 0.3 is 0 Å². The van der Waals surface area contributed by atoms with Gasteiger partial charge in [-0.3, -0.25) is 4.79 Å². The molecule has 18 heavy (non-hydrogen) atoms. The fourth-order valence-corrected chi connectivity index (χ4v) is 3.27. The van der Waals surface area contributed by atoms with Crippen molar-refractivity contribution in [1.82, 2.24) is 5.32 Å². The molecule has 106 valence electrons. The Labute approximate surface area is 115 Å². The molecule has 0 aliphatic heterocycles. The Hall–Kier alpha value is -0.220. The Morgan fingerprint density at radius 1 is 1.39 bits per heavy atom. The maximum Gasteiger partial charge on any atom is 0.220 e.